The molecule has 0 bridgehead atoms. The van der Waals surface area contributed by atoms with Gasteiger partial charge in [0.2, 0.25) is 0 Å². The summed E-state index contributed by atoms with van der Waals surface area (Å²) in [4.78, 5) is 2.41. The van der Waals surface area contributed by atoms with Gasteiger partial charge in [0.25, 0.3) is 0 Å². The molecule has 0 aliphatic carbocycles. The predicted octanol–water partition coefficient (Wildman–Crippen LogP) is 1.96. The van der Waals surface area contributed by atoms with Crippen molar-refractivity contribution < 1.29 is 9.84 Å². The van der Waals surface area contributed by atoms with Gasteiger partial charge in [-0.2, -0.15) is 0 Å². The Labute approximate surface area is 116 Å². The number of nitrogens with zero attached hydrogens (tertiary/aromatic N) is 1. The number of aromatic hydroxyl groups is 1. The summed E-state index contributed by atoms with van der Waals surface area (Å²) in [5, 5.41) is 13.2. The van der Waals surface area contributed by atoms with E-state index in [9.17, 15) is 5.11 Å². The second-order valence-corrected chi connectivity index (χ2v) is 5.36. The minimum Gasteiger partial charge on any atom is -0.503 e. The first-order chi connectivity index (χ1) is 8.70. The molecule has 1 aliphatic heterocycles. The molecule has 0 unspecified atom stereocenters. The molecule has 1 aromatic rings. The summed E-state index contributed by atoms with van der Waals surface area (Å²) in [6, 6.07) is 3.86. The molecule has 1 saturated heterocycles. The van der Waals surface area contributed by atoms with Crippen LogP contribution in [-0.4, -0.2) is 43.3 Å². The smallest absolute Gasteiger partial charge is 0.172 e. The average Bonchev–Trinajstić information content (AvgIpc) is 2.62. The predicted molar refractivity (Wildman–Crippen MR) is 75.1 cm³/mol. The second kappa shape index (κ2) is 6.41. The van der Waals surface area contributed by atoms with Crippen molar-refractivity contribution in [2.75, 3.05) is 33.3 Å². The zero-order chi connectivity index (χ0) is 13.0. The van der Waals surface area contributed by atoms with E-state index in [4.69, 9.17) is 4.74 Å². The number of hydrogen-bond acceptors (Lipinski definition) is 4. The van der Waals surface area contributed by atoms with Crippen LogP contribution in [0.25, 0.3) is 0 Å². The number of benzene rings is 1. The molecule has 1 fully saturated rings. The van der Waals surface area contributed by atoms with Crippen molar-refractivity contribution in [1.82, 2.24) is 10.2 Å². The zero-order valence-electron chi connectivity index (χ0n) is 10.6. The van der Waals surface area contributed by atoms with Gasteiger partial charge in [-0.15, -0.1) is 0 Å². The number of hydrogen-bond donors (Lipinski definition) is 2. The molecule has 4 nitrogen and oxygen atoms in total. The van der Waals surface area contributed by atoms with Crippen molar-refractivity contribution in [3.8, 4) is 11.5 Å². The third-order valence-electron chi connectivity index (χ3n) is 3.15. The lowest BCUT2D eigenvalue weighted by Crippen LogP contribution is -2.27. The molecule has 5 heteroatoms. The lowest BCUT2D eigenvalue weighted by molar-refractivity contribution is 0.283. The van der Waals surface area contributed by atoms with Crippen molar-refractivity contribution >= 4 is 15.9 Å². The quantitative estimate of drug-likeness (QED) is 0.895. The average molecular weight is 315 g/mol. The van der Waals surface area contributed by atoms with Crippen LogP contribution in [0.1, 0.15) is 12.0 Å². The molecule has 1 aromatic carbocycles. The van der Waals surface area contributed by atoms with E-state index in [1.807, 2.05) is 12.1 Å². The Morgan fingerprint density at radius 2 is 2.22 bits per heavy atom. The number of nitrogens with one attached hydrogen (secondary N) is 1. The van der Waals surface area contributed by atoms with Gasteiger partial charge in [0.1, 0.15) is 0 Å². The number of methoxy groups -OCH3 is 1. The lowest BCUT2D eigenvalue weighted by Gasteiger charge is -2.20. The Morgan fingerprint density at radius 3 is 3.00 bits per heavy atom. The second-order valence-electron chi connectivity index (χ2n) is 4.51. The van der Waals surface area contributed by atoms with Crippen LogP contribution in [-0.2, 0) is 6.54 Å². The SMILES string of the molecule is COc1cc(CN2CCCNCC2)cc(Br)c1O. The van der Waals surface area contributed by atoms with Crippen molar-refractivity contribution in [3.63, 3.8) is 0 Å². The molecule has 1 heterocycles. The Morgan fingerprint density at radius 1 is 1.39 bits per heavy atom. The molecule has 0 atom stereocenters. The van der Waals surface area contributed by atoms with E-state index in [1.54, 1.807) is 7.11 Å². The summed E-state index contributed by atoms with van der Waals surface area (Å²) < 4.78 is 5.85. The standard InChI is InChI=1S/C13H19BrN2O2/c1-18-12-8-10(7-11(14)13(12)17)9-16-5-2-3-15-4-6-16/h7-8,15,17H,2-6,9H2,1H3. The maximum atomic E-state index is 9.78. The van der Waals surface area contributed by atoms with Crippen molar-refractivity contribution in [2.24, 2.45) is 0 Å². The van der Waals surface area contributed by atoms with Gasteiger partial charge < -0.3 is 15.2 Å². The van der Waals surface area contributed by atoms with Gasteiger partial charge in [0, 0.05) is 19.6 Å². The monoisotopic (exact) mass is 314 g/mol. The van der Waals surface area contributed by atoms with Crippen molar-refractivity contribution in [3.05, 3.63) is 22.2 Å². The molecular formula is C13H19BrN2O2. The molecule has 0 amide bonds. The van der Waals surface area contributed by atoms with Crippen LogP contribution in [0, 0.1) is 0 Å². The van der Waals surface area contributed by atoms with Gasteiger partial charge in [0.15, 0.2) is 11.5 Å². The van der Waals surface area contributed by atoms with E-state index in [-0.39, 0.29) is 5.75 Å². The Balaban J connectivity index is 2.10. The van der Waals surface area contributed by atoms with Crippen molar-refractivity contribution in [2.45, 2.75) is 13.0 Å². The molecule has 1 aliphatic rings. The van der Waals surface area contributed by atoms with Gasteiger partial charge in [-0.3, -0.25) is 4.90 Å². The Bertz CT molecular complexity index is 404. The fraction of sp³-hybridized carbons (Fsp3) is 0.538. The molecule has 2 N–H and O–H groups in total. The summed E-state index contributed by atoms with van der Waals surface area (Å²) in [5.74, 6) is 0.686. The minimum atomic E-state index is 0.166. The Kier molecular flexibility index (Phi) is 4.86. The van der Waals surface area contributed by atoms with E-state index >= 15 is 0 Å². The fourth-order valence-electron chi connectivity index (χ4n) is 2.19. The maximum Gasteiger partial charge on any atom is 0.172 e. The number of ether oxygens (including phenoxy) is 1. The number of phenolic OH excluding ortho intramolecular Hbond substituents is 1. The lowest BCUT2D eigenvalue weighted by atomic mass is 10.2. The first kappa shape index (κ1) is 13.6. The summed E-state index contributed by atoms with van der Waals surface area (Å²) >= 11 is 3.36. The van der Waals surface area contributed by atoms with Gasteiger partial charge in [-0.25, -0.2) is 0 Å². The van der Waals surface area contributed by atoms with Crippen LogP contribution in [0.4, 0.5) is 0 Å². The van der Waals surface area contributed by atoms with E-state index < -0.39 is 0 Å². The zero-order valence-corrected chi connectivity index (χ0v) is 12.2. The van der Waals surface area contributed by atoms with E-state index in [1.165, 1.54) is 6.42 Å². The number of halogens is 1. The van der Waals surface area contributed by atoms with Crippen molar-refractivity contribution in [1.29, 1.82) is 0 Å². The summed E-state index contributed by atoms with van der Waals surface area (Å²) in [7, 11) is 1.57. The van der Waals surface area contributed by atoms with Crippen LogP contribution in [0.2, 0.25) is 0 Å². The fourth-order valence-corrected chi connectivity index (χ4v) is 2.68. The van der Waals surface area contributed by atoms with Crippen LogP contribution in [0.3, 0.4) is 0 Å². The molecule has 100 valence electrons. The minimum absolute atomic E-state index is 0.166. The molecule has 0 radical (unpaired) electrons. The number of rotatable bonds is 3. The van der Waals surface area contributed by atoms with Gasteiger partial charge in [0.05, 0.1) is 11.6 Å². The van der Waals surface area contributed by atoms with E-state index in [0.717, 1.165) is 38.3 Å². The highest BCUT2D eigenvalue weighted by Crippen LogP contribution is 2.35. The molecule has 2 rings (SSSR count). The summed E-state index contributed by atoms with van der Waals surface area (Å²) in [6.45, 7) is 5.18. The first-order valence-corrected chi connectivity index (χ1v) is 6.98. The molecule has 0 aromatic heterocycles. The van der Waals surface area contributed by atoms with Crippen LogP contribution in [0.15, 0.2) is 16.6 Å². The molecule has 18 heavy (non-hydrogen) atoms. The van der Waals surface area contributed by atoms with Gasteiger partial charge in [-0.05, 0) is 53.1 Å². The van der Waals surface area contributed by atoms with Gasteiger partial charge in [-0.1, -0.05) is 0 Å². The van der Waals surface area contributed by atoms with Gasteiger partial charge >= 0.3 is 0 Å². The summed E-state index contributed by atoms with van der Waals surface area (Å²) in [6.07, 6.45) is 1.18. The first-order valence-electron chi connectivity index (χ1n) is 6.19. The highest BCUT2D eigenvalue weighted by Gasteiger charge is 2.13. The number of phenols is 1. The molecular weight excluding hydrogens is 296 g/mol. The third-order valence-corrected chi connectivity index (χ3v) is 3.75. The topological polar surface area (TPSA) is 44.7 Å². The molecule has 0 spiro atoms. The largest absolute Gasteiger partial charge is 0.503 e. The highest BCUT2D eigenvalue weighted by molar-refractivity contribution is 9.10. The maximum absolute atomic E-state index is 9.78. The normalized spacial score (nSPS) is 17.4. The third kappa shape index (κ3) is 3.37. The summed E-state index contributed by atoms with van der Waals surface area (Å²) in [5.41, 5.74) is 1.15. The molecule has 0 saturated carbocycles. The van der Waals surface area contributed by atoms with Crippen LogP contribution >= 0.6 is 15.9 Å². The van der Waals surface area contributed by atoms with E-state index in [0.29, 0.717) is 10.2 Å². The Hall–Kier alpha value is -0.780. The van der Waals surface area contributed by atoms with Crippen LogP contribution < -0.4 is 10.1 Å². The van der Waals surface area contributed by atoms with Crippen LogP contribution in [0.5, 0.6) is 11.5 Å². The van der Waals surface area contributed by atoms with E-state index in [2.05, 4.69) is 26.1 Å². The highest BCUT2D eigenvalue weighted by atomic mass is 79.9.